The van der Waals surface area contributed by atoms with Gasteiger partial charge in [-0.25, -0.2) is 0 Å². The van der Waals surface area contributed by atoms with Crippen LogP contribution in [0.2, 0.25) is 0 Å². The van der Waals surface area contributed by atoms with Crippen LogP contribution in [-0.4, -0.2) is 9.97 Å². The smallest absolute Gasteiger partial charge is 0.0705 e. The van der Waals surface area contributed by atoms with Gasteiger partial charge in [-0.05, 0) is 85.0 Å². The average molecular weight is 440 g/mol. The van der Waals surface area contributed by atoms with Crippen LogP contribution in [0, 0.1) is 6.92 Å². The van der Waals surface area contributed by atoms with Gasteiger partial charge in [-0.3, -0.25) is 9.97 Å². The van der Waals surface area contributed by atoms with E-state index >= 15 is 0 Å². The molecular weight excluding hydrogens is 414 g/mol. The number of nitrogens with zero attached hydrogens (tertiary/aromatic N) is 3. The second-order valence-electron chi connectivity index (χ2n) is 8.79. The van der Waals surface area contributed by atoms with Crippen molar-refractivity contribution in [1.82, 2.24) is 9.97 Å². The molecule has 6 rings (SSSR count). The van der Waals surface area contributed by atoms with Crippen molar-refractivity contribution >= 4 is 17.1 Å². The highest BCUT2D eigenvalue weighted by molar-refractivity contribution is 5.85. The van der Waals surface area contributed by atoms with Gasteiger partial charge in [0.2, 0.25) is 0 Å². The molecule has 0 amide bonds. The third-order valence-electron chi connectivity index (χ3n) is 6.50. The molecule has 0 fully saturated rings. The van der Waals surface area contributed by atoms with E-state index in [0.717, 1.165) is 41.0 Å². The first-order valence-corrected chi connectivity index (χ1v) is 11.7. The van der Waals surface area contributed by atoms with Gasteiger partial charge < -0.3 is 4.90 Å². The molecule has 0 bridgehead atoms. The van der Waals surface area contributed by atoms with Crippen LogP contribution in [0.5, 0.6) is 0 Å². The van der Waals surface area contributed by atoms with Crippen LogP contribution in [0.1, 0.15) is 16.7 Å². The summed E-state index contributed by atoms with van der Waals surface area (Å²) in [7, 11) is 0. The minimum absolute atomic E-state index is 0.987. The van der Waals surface area contributed by atoms with E-state index in [1.54, 1.807) is 0 Å². The molecule has 0 saturated carbocycles. The maximum atomic E-state index is 4.63. The molecule has 3 aromatic carbocycles. The van der Waals surface area contributed by atoms with E-state index in [-0.39, 0.29) is 0 Å². The first-order valence-electron chi connectivity index (χ1n) is 11.7. The molecule has 2 aromatic heterocycles. The molecule has 164 valence electrons. The van der Waals surface area contributed by atoms with Crippen LogP contribution in [0.4, 0.5) is 17.1 Å². The van der Waals surface area contributed by atoms with E-state index in [1.807, 2.05) is 30.6 Å². The zero-order chi connectivity index (χ0) is 22.9. The fraction of sp³-hybridized carbons (Fsp3) is 0.0968. The summed E-state index contributed by atoms with van der Waals surface area (Å²) in [6.07, 6.45) is 5.76. The lowest BCUT2D eigenvalue weighted by Crippen LogP contribution is -2.12. The molecule has 0 N–H and O–H groups in total. The van der Waals surface area contributed by atoms with Crippen molar-refractivity contribution in [3.8, 4) is 22.5 Å². The topological polar surface area (TPSA) is 29.0 Å². The van der Waals surface area contributed by atoms with Gasteiger partial charge in [0.05, 0.1) is 17.1 Å². The molecule has 0 unspecified atom stereocenters. The molecule has 1 aliphatic rings. The Morgan fingerprint density at radius 2 is 1.38 bits per heavy atom. The first-order chi connectivity index (χ1) is 16.8. The molecule has 5 aromatic rings. The number of hydrogen-bond acceptors (Lipinski definition) is 3. The minimum Gasteiger partial charge on any atom is -0.310 e. The van der Waals surface area contributed by atoms with Gasteiger partial charge in [0.25, 0.3) is 0 Å². The van der Waals surface area contributed by atoms with E-state index in [0.29, 0.717) is 0 Å². The number of benzene rings is 3. The molecule has 3 heterocycles. The van der Waals surface area contributed by atoms with Gasteiger partial charge in [0, 0.05) is 34.9 Å². The lowest BCUT2D eigenvalue weighted by Gasteiger charge is -2.28. The van der Waals surface area contributed by atoms with Gasteiger partial charge in [-0.15, -0.1) is 0 Å². The summed E-state index contributed by atoms with van der Waals surface area (Å²) in [5, 5.41) is 0. The van der Waals surface area contributed by atoms with E-state index in [4.69, 9.17) is 0 Å². The van der Waals surface area contributed by atoms with Crippen molar-refractivity contribution in [3.05, 3.63) is 126 Å². The monoisotopic (exact) mass is 439 g/mol. The number of hydrogen-bond donors (Lipinski definition) is 0. The Kier molecular flexibility index (Phi) is 5.15. The van der Waals surface area contributed by atoms with Crippen molar-refractivity contribution in [3.63, 3.8) is 0 Å². The maximum Gasteiger partial charge on any atom is 0.0705 e. The number of aromatic nitrogens is 2. The molecule has 0 saturated heterocycles. The van der Waals surface area contributed by atoms with Gasteiger partial charge in [-0.1, -0.05) is 48.5 Å². The quantitative estimate of drug-likeness (QED) is 0.289. The molecule has 1 aliphatic heterocycles. The third kappa shape index (κ3) is 3.75. The lowest BCUT2D eigenvalue weighted by atomic mass is 10.0. The highest BCUT2D eigenvalue weighted by Crippen LogP contribution is 2.43. The fourth-order valence-corrected chi connectivity index (χ4v) is 4.79. The molecule has 0 radical (unpaired) electrons. The van der Waals surface area contributed by atoms with Crippen LogP contribution in [0.25, 0.3) is 22.5 Å². The molecule has 3 nitrogen and oxygen atoms in total. The first kappa shape index (κ1) is 20.4. The van der Waals surface area contributed by atoms with Crippen LogP contribution in [0.3, 0.4) is 0 Å². The van der Waals surface area contributed by atoms with Crippen molar-refractivity contribution in [1.29, 1.82) is 0 Å². The van der Waals surface area contributed by atoms with E-state index in [1.165, 1.54) is 28.1 Å². The summed E-state index contributed by atoms with van der Waals surface area (Å²) >= 11 is 0. The molecule has 3 heteroatoms. The Morgan fingerprint density at radius 3 is 2.24 bits per heavy atom. The molecular formula is C31H25N3. The number of rotatable bonds is 3. The normalized spacial score (nSPS) is 12.6. The van der Waals surface area contributed by atoms with E-state index in [9.17, 15) is 0 Å². The van der Waals surface area contributed by atoms with Crippen LogP contribution >= 0.6 is 0 Å². The second-order valence-corrected chi connectivity index (χ2v) is 8.79. The highest BCUT2D eigenvalue weighted by Gasteiger charge is 2.23. The number of pyridine rings is 2. The maximum absolute atomic E-state index is 4.63. The molecule has 0 spiro atoms. The zero-order valence-corrected chi connectivity index (χ0v) is 19.1. The van der Waals surface area contributed by atoms with Crippen molar-refractivity contribution in [2.24, 2.45) is 0 Å². The Hall–Kier alpha value is -4.24. The van der Waals surface area contributed by atoms with Gasteiger partial charge in [-0.2, -0.15) is 0 Å². The lowest BCUT2D eigenvalue weighted by molar-refractivity contribution is 0.977. The number of para-hydroxylation sites is 1. The minimum atomic E-state index is 0.987. The number of anilines is 3. The van der Waals surface area contributed by atoms with Gasteiger partial charge in [0.1, 0.15) is 0 Å². The Labute approximate surface area is 200 Å². The summed E-state index contributed by atoms with van der Waals surface area (Å²) in [6, 6.07) is 34.5. The summed E-state index contributed by atoms with van der Waals surface area (Å²) in [6.45, 7) is 2.11. The van der Waals surface area contributed by atoms with Crippen LogP contribution in [0.15, 0.2) is 109 Å². The van der Waals surface area contributed by atoms with Crippen LogP contribution < -0.4 is 4.90 Å². The largest absolute Gasteiger partial charge is 0.310 e. The van der Waals surface area contributed by atoms with E-state index in [2.05, 4.69) is 101 Å². The van der Waals surface area contributed by atoms with Gasteiger partial charge in [0.15, 0.2) is 0 Å². The summed E-state index contributed by atoms with van der Waals surface area (Å²) < 4.78 is 0. The third-order valence-corrected chi connectivity index (χ3v) is 6.50. The average Bonchev–Trinajstić information content (AvgIpc) is 3.06. The molecule has 0 atom stereocenters. The Balaban J connectivity index is 1.55. The van der Waals surface area contributed by atoms with Crippen molar-refractivity contribution in [2.75, 3.05) is 4.90 Å². The fourth-order valence-electron chi connectivity index (χ4n) is 4.79. The van der Waals surface area contributed by atoms with Gasteiger partial charge >= 0.3 is 0 Å². The predicted molar refractivity (Wildman–Crippen MR) is 140 cm³/mol. The van der Waals surface area contributed by atoms with Crippen molar-refractivity contribution in [2.45, 2.75) is 19.8 Å². The summed E-state index contributed by atoms with van der Waals surface area (Å²) in [5.41, 5.74) is 11.7. The standard InChI is InChI=1S/C31H25N3/c1-22-16-18-33-29(19-22)25-8-6-9-27(20-25)34-30-11-3-2-7-23(30)12-13-24-14-15-26(21-31(24)34)28-10-4-5-17-32-28/h2-11,14-21H,12-13H2,1H3. The molecule has 0 aliphatic carbocycles. The second kappa shape index (κ2) is 8.60. The van der Waals surface area contributed by atoms with Crippen LogP contribution in [-0.2, 0) is 12.8 Å². The SMILES string of the molecule is Cc1ccnc(-c2cccc(N3c4ccccc4CCc4ccc(-c5ccccn5)cc43)c2)c1. The molecule has 34 heavy (non-hydrogen) atoms. The summed E-state index contributed by atoms with van der Waals surface area (Å²) in [4.78, 5) is 11.6. The number of fused-ring (bicyclic) bond motifs is 2. The zero-order valence-electron chi connectivity index (χ0n) is 19.1. The predicted octanol–water partition coefficient (Wildman–Crippen LogP) is 7.69. The van der Waals surface area contributed by atoms with E-state index < -0.39 is 0 Å². The highest BCUT2D eigenvalue weighted by atomic mass is 15.1. The number of aryl methyl sites for hydroxylation is 3. The Morgan fingerprint density at radius 1 is 0.588 bits per heavy atom. The summed E-state index contributed by atoms with van der Waals surface area (Å²) in [5.74, 6) is 0. The Bertz CT molecular complexity index is 1470. The van der Waals surface area contributed by atoms with Crippen molar-refractivity contribution < 1.29 is 0 Å².